The lowest BCUT2D eigenvalue weighted by Gasteiger charge is -2.07. The van der Waals surface area contributed by atoms with Crippen molar-refractivity contribution in [3.8, 4) is 11.5 Å². The average molecular weight is 316 g/mol. The van der Waals surface area contributed by atoms with Crippen LogP contribution in [0.25, 0.3) is 11.5 Å². The molecule has 0 radical (unpaired) electrons. The molecule has 2 aromatic rings. The van der Waals surface area contributed by atoms with E-state index >= 15 is 0 Å². The first-order valence-electron chi connectivity index (χ1n) is 8.09. The Hall–Kier alpha value is -2.37. The van der Waals surface area contributed by atoms with Crippen LogP contribution in [0.4, 0.5) is 10.5 Å². The molecular weight excluding hydrogens is 292 g/mol. The van der Waals surface area contributed by atoms with Gasteiger partial charge in [-0.1, -0.05) is 38.8 Å². The number of nitrogens with zero attached hydrogens (tertiary/aromatic N) is 2. The van der Waals surface area contributed by atoms with E-state index in [-0.39, 0.29) is 11.9 Å². The summed E-state index contributed by atoms with van der Waals surface area (Å²) in [5.74, 6) is 1.41. The van der Waals surface area contributed by atoms with Crippen LogP contribution in [-0.2, 0) is 0 Å². The van der Waals surface area contributed by atoms with Crippen molar-refractivity contribution < 1.29 is 9.32 Å². The number of anilines is 1. The SMILES string of the molecule is CCCCCNC(=O)Nc1ccc(-c2nc(C(C)C)no2)cc1. The Bertz CT molecular complexity index is 620. The first kappa shape index (κ1) is 17.0. The smallest absolute Gasteiger partial charge is 0.319 e. The predicted molar refractivity (Wildman–Crippen MR) is 90.4 cm³/mol. The van der Waals surface area contributed by atoms with Crippen LogP contribution in [0.1, 0.15) is 51.8 Å². The Kier molecular flexibility index (Phi) is 6.14. The van der Waals surface area contributed by atoms with Crippen molar-refractivity contribution in [2.45, 2.75) is 46.0 Å². The molecule has 2 N–H and O–H groups in total. The monoisotopic (exact) mass is 316 g/mol. The van der Waals surface area contributed by atoms with Crippen molar-refractivity contribution in [1.29, 1.82) is 0 Å². The summed E-state index contributed by atoms with van der Waals surface area (Å²) < 4.78 is 5.25. The van der Waals surface area contributed by atoms with Crippen LogP contribution in [-0.4, -0.2) is 22.7 Å². The summed E-state index contributed by atoms with van der Waals surface area (Å²) in [5, 5.41) is 9.59. The highest BCUT2D eigenvalue weighted by Crippen LogP contribution is 2.21. The van der Waals surface area contributed by atoms with E-state index in [4.69, 9.17) is 4.52 Å². The van der Waals surface area contributed by atoms with E-state index in [0.29, 0.717) is 18.3 Å². The van der Waals surface area contributed by atoms with Crippen LogP contribution in [0, 0.1) is 0 Å². The number of urea groups is 1. The van der Waals surface area contributed by atoms with Crippen LogP contribution in [0.3, 0.4) is 0 Å². The number of carbonyl (C=O) groups is 1. The van der Waals surface area contributed by atoms with Gasteiger partial charge in [0.1, 0.15) is 0 Å². The highest BCUT2D eigenvalue weighted by Gasteiger charge is 2.11. The third kappa shape index (κ3) is 5.09. The molecule has 1 aromatic carbocycles. The van der Waals surface area contributed by atoms with E-state index in [9.17, 15) is 4.79 Å². The maximum absolute atomic E-state index is 11.7. The number of nitrogens with one attached hydrogen (secondary N) is 2. The topological polar surface area (TPSA) is 80.0 Å². The normalized spacial score (nSPS) is 10.8. The van der Waals surface area contributed by atoms with Gasteiger partial charge in [-0.2, -0.15) is 4.98 Å². The summed E-state index contributed by atoms with van der Waals surface area (Å²) in [6.45, 7) is 6.86. The highest BCUT2D eigenvalue weighted by atomic mass is 16.5. The molecule has 23 heavy (non-hydrogen) atoms. The zero-order valence-electron chi connectivity index (χ0n) is 13.9. The number of benzene rings is 1. The van der Waals surface area contributed by atoms with Gasteiger partial charge in [0.25, 0.3) is 5.89 Å². The van der Waals surface area contributed by atoms with E-state index in [0.717, 1.165) is 30.5 Å². The van der Waals surface area contributed by atoms with Crippen molar-refractivity contribution in [1.82, 2.24) is 15.5 Å². The van der Waals surface area contributed by atoms with Gasteiger partial charge in [0, 0.05) is 23.7 Å². The molecule has 0 unspecified atom stereocenters. The lowest BCUT2D eigenvalue weighted by atomic mass is 10.2. The van der Waals surface area contributed by atoms with Crippen molar-refractivity contribution in [2.75, 3.05) is 11.9 Å². The van der Waals surface area contributed by atoms with Gasteiger partial charge in [-0.05, 0) is 30.7 Å². The molecule has 0 fully saturated rings. The largest absolute Gasteiger partial charge is 0.338 e. The molecule has 124 valence electrons. The summed E-state index contributed by atoms with van der Waals surface area (Å²) in [4.78, 5) is 16.1. The van der Waals surface area contributed by atoms with Gasteiger partial charge in [0.15, 0.2) is 5.82 Å². The van der Waals surface area contributed by atoms with E-state index in [2.05, 4.69) is 27.7 Å². The minimum atomic E-state index is -0.186. The Morgan fingerprint density at radius 2 is 1.96 bits per heavy atom. The molecule has 0 bridgehead atoms. The highest BCUT2D eigenvalue weighted by molar-refractivity contribution is 5.89. The second-order valence-electron chi connectivity index (χ2n) is 5.78. The molecule has 0 saturated heterocycles. The van der Waals surface area contributed by atoms with Gasteiger partial charge < -0.3 is 15.2 Å². The second kappa shape index (κ2) is 8.31. The van der Waals surface area contributed by atoms with Gasteiger partial charge in [-0.3, -0.25) is 0 Å². The second-order valence-corrected chi connectivity index (χ2v) is 5.78. The Morgan fingerprint density at radius 3 is 2.57 bits per heavy atom. The number of rotatable bonds is 7. The minimum absolute atomic E-state index is 0.186. The van der Waals surface area contributed by atoms with E-state index in [1.165, 1.54) is 0 Å². The fourth-order valence-electron chi connectivity index (χ4n) is 2.03. The summed E-state index contributed by atoms with van der Waals surface area (Å²) in [6, 6.07) is 7.16. The number of hydrogen-bond acceptors (Lipinski definition) is 4. The predicted octanol–water partition coefficient (Wildman–Crippen LogP) is 4.17. The lowest BCUT2D eigenvalue weighted by Crippen LogP contribution is -2.29. The van der Waals surface area contributed by atoms with Crippen molar-refractivity contribution in [2.24, 2.45) is 0 Å². The third-order valence-corrected chi connectivity index (χ3v) is 3.41. The number of carbonyl (C=O) groups excluding carboxylic acids is 1. The van der Waals surface area contributed by atoms with Crippen molar-refractivity contribution in [3.63, 3.8) is 0 Å². The average Bonchev–Trinajstić information content (AvgIpc) is 3.02. The van der Waals surface area contributed by atoms with Crippen LogP contribution >= 0.6 is 0 Å². The standard InChI is InChI=1S/C17H24N4O2/c1-4-5-6-11-18-17(22)19-14-9-7-13(8-10-14)16-20-15(12(2)3)21-23-16/h7-10,12H,4-6,11H2,1-3H3,(H2,18,19,22). The summed E-state index contributed by atoms with van der Waals surface area (Å²) in [5.41, 5.74) is 1.56. The van der Waals surface area contributed by atoms with Gasteiger partial charge in [-0.15, -0.1) is 0 Å². The molecule has 1 aromatic heterocycles. The quantitative estimate of drug-likeness (QED) is 0.751. The summed E-state index contributed by atoms with van der Waals surface area (Å²) in [6.07, 6.45) is 3.26. The molecule has 0 aliphatic carbocycles. The first-order valence-corrected chi connectivity index (χ1v) is 8.09. The fourth-order valence-corrected chi connectivity index (χ4v) is 2.03. The number of hydrogen-bond donors (Lipinski definition) is 2. The Balaban J connectivity index is 1.90. The summed E-state index contributed by atoms with van der Waals surface area (Å²) >= 11 is 0. The van der Waals surface area contributed by atoms with E-state index in [1.807, 2.05) is 38.1 Å². The molecule has 2 amide bonds. The molecule has 1 heterocycles. The molecular formula is C17H24N4O2. The maximum atomic E-state index is 11.7. The molecule has 0 spiro atoms. The molecule has 6 nitrogen and oxygen atoms in total. The van der Waals surface area contributed by atoms with Crippen LogP contribution in [0.2, 0.25) is 0 Å². The van der Waals surface area contributed by atoms with Gasteiger partial charge in [-0.25, -0.2) is 4.79 Å². The molecule has 0 saturated carbocycles. The molecule has 0 aliphatic rings. The van der Waals surface area contributed by atoms with Crippen molar-refractivity contribution >= 4 is 11.7 Å². The zero-order chi connectivity index (χ0) is 16.7. The lowest BCUT2D eigenvalue weighted by molar-refractivity contribution is 0.252. The van der Waals surface area contributed by atoms with Gasteiger partial charge in [0.05, 0.1) is 0 Å². The maximum Gasteiger partial charge on any atom is 0.319 e. The van der Waals surface area contributed by atoms with E-state index < -0.39 is 0 Å². The van der Waals surface area contributed by atoms with Gasteiger partial charge in [0.2, 0.25) is 0 Å². The van der Waals surface area contributed by atoms with Crippen LogP contribution < -0.4 is 10.6 Å². The fraction of sp³-hybridized carbons (Fsp3) is 0.471. The molecule has 6 heteroatoms. The molecule has 0 aliphatic heterocycles. The van der Waals surface area contributed by atoms with Crippen LogP contribution in [0.15, 0.2) is 28.8 Å². The number of aromatic nitrogens is 2. The number of unbranched alkanes of at least 4 members (excludes halogenated alkanes) is 2. The first-order chi connectivity index (χ1) is 11.1. The number of amides is 2. The van der Waals surface area contributed by atoms with Crippen LogP contribution in [0.5, 0.6) is 0 Å². The summed E-state index contributed by atoms with van der Waals surface area (Å²) in [7, 11) is 0. The zero-order valence-corrected chi connectivity index (χ0v) is 13.9. The van der Waals surface area contributed by atoms with Crippen molar-refractivity contribution in [3.05, 3.63) is 30.1 Å². The Morgan fingerprint density at radius 1 is 1.22 bits per heavy atom. The van der Waals surface area contributed by atoms with Gasteiger partial charge >= 0.3 is 6.03 Å². The Labute approximate surface area is 136 Å². The third-order valence-electron chi connectivity index (χ3n) is 3.41. The van der Waals surface area contributed by atoms with E-state index in [1.54, 1.807) is 0 Å². The molecule has 0 atom stereocenters. The molecule has 2 rings (SSSR count). The minimum Gasteiger partial charge on any atom is -0.338 e.